The summed E-state index contributed by atoms with van der Waals surface area (Å²) in [6, 6.07) is 8.68. The summed E-state index contributed by atoms with van der Waals surface area (Å²) in [6.45, 7) is 7.41. The van der Waals surface area contributed by atoms with Crippen LogP contribution in [0.25, 0.3) is 11.0 Å². The van der Waals surface area contributed by atoms with Crippen molar-refractivity contribution in [2.24, 2.45) is 5.41 Å². The fourth-order valence-electron chi connectivity index (χ4n) is 2.97. The van der Waals surface area contributed by atoms with E-state index in [4.69, 9.17) is 4.42 Å². The summed E-state index contributed by atoms with van der Waals surface area (Å²) in [5.41, 5.74) is -0.568. The zero-order valence-corrected chi connectivity index (χ0v) is 14.7. The van der Waals surface area contributed by atoms with Crippen molar-refractivity contribution in [1.82, 2.24) is 9.80 Å². The van der Waals surface area contributed by atoms with Crippen molar-refractivity contribution in [1.29, 1.82) is 0 Å². The molecule has 6 heteroatoms. The molecule has 6 nitrogen and oxygen atoms in total. The van der Waals surface area contributed by atoms with Crippen molar-refractivity contribution in [2.45, 2.75) is 20.8 Å². The molecule has 25 heavy (non-hydrogen) atoms. The van der Waals surface area contributed by atoms with Gasteiger partial charge in [-0.3, -0.25) is 9.59 Å². The number of nitrogens with zero attached hydrogens (tertiary/aromatic N) is 2. The van der Waals surface area contributed by atoms with E-state index in [-0.39, 0.29) is 17.4 Å². The maximum Gasteiger partial charge on any atom is 0.349 e. The molecule has 0 atom stereocenters. The summed E-state index contributed by atoms with van der Waals surface area (Å²) in [5, 5.41) is 0.715. The highest BCUT2D eigenvalue weighted by atomic mass is 16.4. The zero-order valence-electron chi connectivity index (χ0n) is 14.7. The van der Waals surface area contributed by atoms with Gasteiger partial charge in [0.05, 0.1) is 0 Å². The Morgan fingerprint density at radius 3 is 2.24 bits per heavy atom. The van der Waals surface area contributed by atoms with Crippen LogP contribution in [-0.2, 0) is 4.79 Å². The monoisotopic (exact) mass is 342 g/mol. The number of para-hydroxylation sites is 1. The second-order valence-electron chi connectivity index (χ2n) is 7.32. The average molecular weight is 342 g/mol. The molecule has 3 rings (SSSR count). The predicted molar refractivity (Wildman–Crippen MR) is 94.4 cm³/mol. The molecule has 132 valence electrons. The fraction of sp³-hybridized carbons (Fsp3) is 0.421. The van der Waals surface area contributed by atoms with Crippen molar-refractivity contribution in [3.05, 3.63) is 46.3 Å². The van der Waals surface area contributed by atoms with Crippen molar-refractivity contribution in [2.75, 3.05) is 26.2 Å². The molecule has 0 bridgehead atoms. The number of fused-ring (bicyclic) bond motifs is 1. The van der Waals surface area contributed by atoms with Crippen LogP contribution in [-0.4, -0.2) is 47.8 Å². The molecule has 2 heterocycles. The molecular formula is C19H22N2O4. The fourth-order valence-corrected chi connectivity index (χ4v) is 2.97. The van der Waals surface area contributed by atoms with E-state index in [1.165, 1.54) is 0 Å². The van der Waals surface area contributed by atoms with Crippen molar-refractivity contribution < 1.29 is 14.0 Å². The molecule has 1 aromatic carbocycles. The summed E-state index contributed by atoms with van der Waals surface area (Å²) in [6.07, 6.45) is 0. The van der Waals surface area contributed by atoms with E-state index in [1.807, 2.05) is 26.8 Å². The van der Waals surface area contributed by atoms with E-state index < -0.39 is 11.0 Å². The predicted octanol–water partition coefficient (Wildman–Crippen LogP) is 2.12. The van der Waals surface area contributed by atoms with Gasteiger partial charge in [0.15, 0.2) is 0 Å². The maximum atomic E-state index is 12.7. The van der Waals surface area contributed by atoms with Crippen LogP contribution in [0.2, 0.25) is 0 Å². The third-order valence-electron chi connectivity index (χ3n) is 4.37. The lowest BCUT2D eigenvalue weighted by molar-refractivity contribution is -0.140. The van der Waals surface area contributed by atoms with Gasteiger partial charge in [-0.15, -0.1) is 0 Å². The van der Waals surface area contributed by atoms with E-state index in [0.29, 0.717) is 37.1 Å². The Morgan fingerprint density at radius 2 is 1.60 bits per heavy atom. The third kappa shape index (κ3) is 3.43. The van der Waals surface area contributed by atoms with Crippen LogP contribution < -0.4 is 5.63 Å². The Bertz CT molecular complexity index is 871. The molecule has 0 spiro atoms. The van der Waals surface area contributed by atoms with Gasteiger partial charge in [0, 0.05) is 37.0 Å². The molecule has 1 fully saturated rings. The molecular weight excluding hydrogens is 320 g/mol. The quantitative estimate of drug-likeness (QED) is 0.744. The molecule has 2 amide bonds. The summed E-state index contributed by atoms with van der Waals surface area (Å²) in [5.74, 6) is -0.271. The first-order valence-corrected chi connectivity index (χ1v) is 8.39. The second-order valence-corrected chi connectivity index (χ2v) is 7.32. The molecule has 1 saturated heterocycles. The first kappa shape index (κ1) is 17.2. The number of hydrogen-bond acceptors (Lipinski definition) is 4. The van der Waals surface area contributed by atoms with Gasteiger partial charge in [0.25, 0.3) is 5.91 Å². The lowest BCUT2D eigenvalue weighted by Gasteiger charge is -2.37. The molecule has 2 aromatic rings. The van der Waals surface area contributed by atoms with Crippen LogP contribution in [0.5, 0.6) is 0 Å². The molecule has 0 unspecified atom stereocenters. The largest absolute Gasteiger partial charge is 0.422 e. The van der Waals surface area contributed by atoms with E-state index in [0.717, 1.165) is 0 Å². The van der Waals surface area contributed by atoms with Gasteiger partial charge in [-0.05, 0) is 12.1 Å². The molecule has 0 N–H and O–H groups in total. The van der Waals surface area contributed by atoms with E-state index in [9.17, 15) is 14.4 Å². The first-order chi connectivity index (χ1) is 11.8. The number of carbonyl (C=O) groups is 2. The van der Waals surface area contributed by atoms with Crippen LogP contribution in [0.15, 0.2) is 39.5 Å². The van der Waals surface area contributed by atoms with Crippen LogP contribution in [0, 0.1) is 5.41 Å². The van der Waals surface area contributed by atoms with Gasteiger partial charge in [0.1, 0.15) is 11.1 Å². The van der Waals surface area contributed by atoms with Gasteiger partial charge in [-0.2, -0.15) is 0 Å². The minimum Gasteiger partial charge on any atom is -0.422 e. The van der Waals surface area contributed by atoms with Crippen molar-refractivity contribution >= 4 is 22.8 Å². The average Bonchev–Trinajstić information content (AvgIpc) is 2.59. The third-order valence-corrected chi connectivity index (χ3v) is 4.37. The molecule has 0 aliphatic carbocycles. The highest BCUT2D eigenvalue weighted by Gasteiger charge is 2.31. The van der Waals surface area contributed by atoms with Gasteiger partial charge in [-0.25, -0.2) is 4.79 Å². The summed E-state index contributed by atoms with van der Waals surface area (Å²) < 4.78 is 5.24. The highest BCUT2D eigenvalue weighted by molar-refractivity contribution is 5.96. The highest BCUT2D eigenvalue weighted by Crippen LogP contribution is 2.19. The normalized spacial score (nSPS) is 15.5. The first-order valence-electron chi connectivity index (χ1n) is 8.39. The van der Waals surface area contributed by atoms with E-state index >= 15 is 0 Å². The number of benzene rings is 1. The van der Waals surface area contributed by atoms with Gasteiger partial charge >= 0.3 is 5.63 Å². The Hall–Kier alpha value is -2.63. The van der Waals surface area contributed by atoms with Crippen LogP contribution in [0.1, 0.15) is 31.1 Å². The number of hydrogen-bond donors (Lipinski definition) is 0. The number of amides is 2. The smallest absolute Gasteiger partial charge is 0.349 e. The SMILES string of the molecule is CC(C)(C)C(=O)N1CCN(C(=O)c2cc3ccccc3oc2=O)CC1. The maximum absolute atomic E-state index is 12.7. The summed E-state index contributed by atoms with van der Waals surface area (Å²) in [4.78, 5) is 40.5. The number of rotatable bonds is 1. The standard InChI is InChI=1S/C19H22N2O4/c1-19(2,3)18(24)21-10-8-20(9-11-21)16(22)14-12-13-6-4-5-7-15(13)25-17(14)23/h4-7,12H,8-11H2,1-3H3. The van der Waals surface area contributed by atoms with Crippen LogP contribution in [0.4, 0.5) is 0 Å². The lowest BCUT2D eigenvalue weighted by atomic mass is 9.94. The zero-order chi connectivity index (χ0) is 18.2. The summed E-state index contributed by atoms with van der Waals surface area (Å²) in [7, 11) is 0. The Labute approximate surface area is 146 Å². The Morgan fingerprint density at radius 1 is 1.00 bits per heavy atom. The van der Waals surface area contributed by atoms with Crippen LogP contribution in [0.3, 0.4) is 0 Å². The second kappa shape index (κ2) is 6.35. The minimum absolute atomic E-state index is 0.0364. The molecule has 0 radical (unpaired) electrons. The van der Waals surface area contributed by atoms with Crippen LogP contribution >= 0.6 is 0 Å². The molecule has 1 aliphatic rings. The lowest BCUT2D eigenvalue weighted by Crippen LogP contribution is -2.53. The molecule has 1 aromatic heterocycles. The van der Waals surface area contributed by atoms with Crippen molar-refractivity contribution in [3.8, 4) is 0 Å². The topological polar surface area (TPSA) is 70.8 Å². The Kier molecular flexibility index (Phi) is 4.37. The van der Waals surface area contributed by atoms with Crippen molar-refractivity contribution in [3.63, 3.8) is 0 Å². The van der Waals surface area contributed by atoms with Gasteiger partial charge in [-0.1, -0.05) is 39.0 Å². The van der Waals surface area contributed by atoms with E-state index in [1.54, 1.807) is 34.1 Å². The molecule has 1 aliphatic heterocycles. The van der Waals surface area contributed by atoms with Gasteiger partial charge in [0.2, 0.25) is 5.91 Å². The number of piperazine rings is 1. The molecule has 0 saturated carbocycles. The Balaban J connectivity index is 1.76. The minimum atomic E-state index is -0.628. The summed E-state index contributed by atoms with van der Waals surface area (Å²) >= 11 is 0. The number of carbonyl (C=O) groups excluding carboxylic acids is 2. The van der Waals surface area contributed by atoms with E-state index in [2.05, 4.69) is 0 Å². The van der Waals surface area contributed by atoms with Gasteiger partial charge < -0.3 is 14.2 Å².